The van der Waals surface area contributed by atoms with Crippen LogP contribution in [0, 0.1) is 5.82 Å². The number of nitrogens with zero attached hydrogens (tertiary/aromatic N) is 1. The minimum atomic E-state index is -0.287. The van der Waals surface area contributed by atoms with E-state index in [1.807, 2.05) is 12.1 Å². The van der Waals surface area contributed by atoms with Gasteiger partial charge >= 0.3 is 201 Å². The number of aromatic nitrogens is 1. The summed E-state index contributed by atoms with van der Waals surface area (Å²) in [6.07, 6.45) is 1.77. The molecule has 0 spiro atoms. The van der Waals surface area contributed by atoms with Crippen LogP contribution >= 0.6 is 0 Å². The topological polar surface area (TPSA) is 39.1 Å². The predicted octanol–water partition coefficient (Wildman–Crippen LogP) is 6.08. The molecule has 34 heavy (non-hydrogen) atoms. The molecule has 0 N–H and O–H groups in total. The molecule has 2 aromatic heterocycles. The molecule has 0 unspecified atom stereocenters. The van der Waals surface area contributed by atoms with Crippen LogP contribution in [0.25, 0.3) is 32.4 Å². The number of carbonyl (C=O) groups is 2. The van der Waals surface area contributed by atoms with Crippen molar-refractivity contribution in [2.45, 2.75) is 19.3 Å². The number of benzene rings is 3. The molecule has 164 valence electrons. The second-order valence-corrected chi connectivity index (χ2v) is 11.7. The first-order chi connectivity index (χ1) is 16.4. The summed E-state index contributed by atoms with van der Waals surface area (Å²) in [5, 5.41) is 1.95. The average molecular weight is 510 g/mol. The van der Waals surface area contributed by atoms with Gasteiger partial charge in [0.05, 0.1) is 0 Å². The van der Waals surface area contributed by atoms with Crippen LogP contribution in [0.4, 0.5) is 4.39 Å². The maximum absolute atomic E-state index is 15.2. The van der Waals surface area contributed by atoms with Gasteiger partial charge in [0.2, 0.25) is 0 Å². The van der Waals surface area contributed by atoms with E-state index in [1.54, 1.807) is 36.4 Å². The average Bonchev–Trinajstić information content (AvgIpc) is 3.48. The fourth-order valence-corrected chi connectivity index (χ4v) is 8.23. The fourth-order valence-electron chi connectivity index (χ4n) is 5.56. The molecule has 5 heteroatoms. The molecule has 0 bridgehead atoms. The van der Waals surface area contributed by atoms with E-state index in [2.05, 4.69) is 36.6 Å². The Hall–Kier alpha value is -3.53. The van der Waals surface area contributed by atoms with Crippen molar-refractivity contribution in [3.05, 3.63) is 105 Å². The zero-order valence-electron chi connectivity index (χ0n) is 18.5. The Bertz CT molecular complexity index is 1750. The number of ketones is 2. The Morgan fingerprint density at radius 3 is 2.18 bits per heavy atom. The Balaban J connectivity index is 1.51. The van der Waals surface area contributed by atoms with E-state index in [1.165, 1.54) is 6.07 Å². The monoisotopic (exact) mass is 511 g/mol. The molecule has 0 saturated heterocycles. The van der Waals surface area contributed by atoms with Gasteiger partial charge in [0.15, 0.2) is 0 Å². The first-order valence-electron chi connectivity index (χ1n) is 11.1. The van der Waals surface area contributed by atoms with Crippen molar-refractivity contribution in [2.24, 2.45) is 0 Å². The van der Waals surface area contributed by atoms with E-state index in [4.69, 9.17) is 0 Å². The van der Waals surface area contributed by atoms with Crippen molar-refractivity contribution in [2.75, 3.05) is 0 Å². The van der Waals surface area contributed by atoms with Crippen LogP contribution in [0.15, 0.2) is 72.3 Å². The molecule has 3 nitrogen and oxygen atoms in total. The number of Topliss-reactive ketones (excluding diaryl/α,β-unsaturated/α-hetero) is 2. The van der Waals surface area contributed by atoms with Gasteiger partial charge in [-0.1, -0.05) is 0 Å². The number of halogens is 1. The summed E-state index contributed by atoms with van der Waals surface area (Å²) in [5.74, 6) is -0.681. The molecule has 0 saturated carbocycles. The number of fused-ring (bicyclic) bond motifs is 6. The van der Waals surface area contributed by atoms with Crippen molar-refractivity contribution in [3.63, 3.8) is 0 Å². The Labute approximate surface area is 200 Å². The molecule has 3 aromatic carbocycles. The molecule has 0 fully saturated rings. The third-order valence-electron chi connectivity index (χ3n) is 7.23. The van der Waals surface area contributed by atoms with Gasteiger partial charge in [0, 0.05) is 0 Å². The van der Waals surface area contributed by atoms with E-state index in [9.17, 15) is 9.59 Å². The molecule has 0 atom stereocenters. The van der Waals surface area contributed by atoms with Gasteiger partial charge in [-0.25, -0.2) is 0 Å². The summed E-state index contributed by atoms with van der Waals surface area (Å²) >= 11 is -0.191. The SMILES string of the molecule is CC1(C)c2cc(C=C3C(=O)c4ccccc4C3=O)[se]c2-n2c3c(F)cccc3c3cccc1c32. The minimum absolute atomic E-state index is 0.191. The molecule has 5 aromatic rings. The third-order valence-corrected chi connectivity index (χ3v) is 9.47. The standard InChI is InChI=1S/C29H18FNO2Se/c1-29(2)21-11-5-9-16-17-10-6-12-23(30)25(17)31(24(16)21)28-22(29)14-15(34-28)13-20-26(32)18-7-3-4-8-19(18)27(20)33/h3-14H,1-2H3. The van der Waals surface area contributed by atoms with Gasteiger partial charge in [0.1, 0.15) is 0 Å². The molecule has 1 aliphatic carbocycles. The number of para-hydroxylation sites is 2. The normalized spacial score (nSPS) is 15.8. The van der Waals surface area contributed by atoms with Gasteiger partial charge in [-0.3, -0.25) is 0 Å². The summed E-state index contributed by atoms with van der Waals surface area (Å²) in [5.41, 5.74) is 4.79. The molecular weight excluding hydrogens is 492 g/mol. The van der Waals surface area contributed by atoms with Crippen LogP contribution in [-0.4, -0.2) is 30.6 Å². The molecular formula is C29H18FNO2Se. The number of allylic oxidation sites excluding steroid dienone is 1. The fraction of sp³-hybridized carbons (Fsp3) is 0.103. The Kier molecular flexibility index (Phi) is 3.82. The van der Waals surface area contributed by atoms with Gasteiger partial charge in [0.25, 0.3) is 0 Å². The number of carbonyl (C=O) groups excluding carboxylic acids is 2. The number of rotatable bonds is 1. The summed E-state index contributed by atoms with van der Waals surface area (Å²) < 4.78 is 19.3. The van der Waals surface area contributed by atoms with Gasteiger partial charge in [-0.05, 0) is 0 Å². The van der Waals surface area contributed by atoms with Crippen LogP contribution in [0.3, 0.4) is 0 Å². The quantitative estimate of drug-likeness (QED) is 0.156. The second kappa shape index (κ2) is 6.53. The van der Waals surface area contributed by atoms with Crippen molar-refractivity contribution in [3.8, 4) is 4.56 Å². The van der Waals surface area contributed by atoms with Crippen molar-refractivity contribution < 1.29 is 14.0 Å². The van der Waals surface area contributed by atoms with Crippen LogP contribution in [0.5, 0.6) is 0 Å². The Morgan fingerprint density at radius 1 is 0.824 bits per heavy atom. The van der Waals surface area contributed by atoms with Crippen molar-refractivity contribution >= 4 is 54.0 Å². The van der Waals surface area contributed by atoms with Crippen molar-refractivity contribution in [1.82, 2.24) is 4.57 Å². The first-order valence-corrected chi connectivity index (χ1v) is 12.9. The van der Waals surface area contributed by atoms with Crippen LogP contribution in [0.2, 0.25) is 0 Å². The van der Waals surface area contributed by atoms with E-state index >= 15 is 4.39 Å². The van der Waals surface area contributed by atoms with Crippen LogP contribution in [-0.2, 0) is 5.41 Å². The number of hydrogen-bond acceptors (Lipinski definition) is 2. The van der Waals surface area contributed by atoms with E-state index in [-0.39, 0.29) is 42.9 Å². The predicted molar refractivity (Wildman–Crippen MR) is 133 cm³/mol. The third kappa shape index (κ3) is 2.36. The molecule has 2 aliphatic rings. The summed E-state index contributed by atoms with van der Waals surface area (Å²) in [6, 6.07) is 20.6. The zero-order valence-corrected chi connectivity index (χ0v) is 20.2. The van der Waals surface area contributed by atoms with Crippen LogP contribution < -0.4 is 0 Å². The molecule has 0 radical (unpaired) electrons. The second-order valence-electron chi connectivity index (χ2n) is 9.43. The molecule has 1 aliphatic heterocycles. The molecule has 0 amide bonds. The summed E-state index contributed by atoms with van der Waals surface area (Å²) in [4.78, 5) is 25.9. The van der Waals surface area contributed by atoms with E-state index < -0.39 is 0 Å². The van der Waals surface area contributed by atoms with Gasteiger partial charge in [-0.15, -0.1) is 0 Å². The van der Waals surface area contributed by atoms with E-state index in [0.29, 0.717) is 16.6 Å². The van der Waals surface area contributed by atoms with Crippen LogP contribution in [0.1, 0.15) is 50.1 Å². The van der Waals surface area contributed by atoms with E-state index in [0.717, 1.165) is 36.4 Å². The number of hydrogen-bond donors (Lipinski definition) is 0. The molecule has 3 heterocycles. The molecule has 7 rings (SSSR count). The summed E-state index contributed by atoms with van der Waals surface area (Å²) in [7, 11) is 0. The van der Waals surface area contributed by atoms with Gasteiger partial charge < -0.3 is 0 Å². The van der Waals surface area contributed by atoms with Gasteiger partial charge in [-0.2, -0.15) is 0 Å². The zero-order chi connectivity index (χ0) is 23.4. The maximum atomic E-state index is 15.2. The Morgan fingerprint density at radius 2 is 1.47 bits per heavy atom. The van der Waals surface area contributed by atoms with Crippen molar-refractivity contribution in [1.29, 1.82) is 0 Å². The summed E-state index contributed by atoms with van der Waals surface area (Å²) in [6.45, 7) is 4.39. The first kappa shape index (κ1) is 19.9.